The average molecular weight is 213 g/mol. The zero-order valence-corrected chi connectivity index (χ0v) is 8.92. The second-order valence-corrected chi connectivity index (χ2v) is 3.34. The molecule has 0 atom stereocenters. The van der Waals surface area contributed by atoms with Crippen LogP contribution in [0.25, 0.3) is 0 Å². The molecule has 0 bridgehead atoms. The minimum Gasteiger partial charge on any atom is -0.316 e. The van der Waals surface area contributed by atoms with Crippen LogP contribution in [0.2, 0.25) is 0 Å². The topological polar surface area (TPSA) is 24.1 Å². The molecule has 0 radical (unpaired) electrons. The molecule has 2 nitrogen and oxygen atoms in total. The van der Waals surface area contributed by atoms with Gasteiger partial charge in [0.25, 0.3) is 0 Å². The molecule has 0 heterocycles. The van der Waals surface area contributed by atoms with Crippen molar-refractivity contribution < 1.29 is 0 Å². The molecule has 0 spiro atoms. The van der Waals surface area contributed by atoms with Crippen molar-refractivity contribution in [2.24, 2.45) is 0 Å². The highest BCUT2D eigenvalue weighted by molar-refractivity contribution is 6.18. The van der Waals surface area contributed by atoms with Gasteiger partial charge < -0.3 is 10.6 Å². The van der Waals surface area contributed by atoms with Crippen LogP contribution in [0.1, 0.15) is 12.8 Å². The lowest BCUT2D eigenvalue weighted by Crippen LogP contribution is -2.21. The molecule has 0 aliphatic carbocycles. The Morgan fingerprint density at radius 3 is 1.42 bits per heavy atom. The first kappa shape index (κ1) is 12.5. The summed E-state index contributed by atoms with van der Waals surface area (Å²) in [6.07, 6.45) is 2.40. The molecule has 0 aromatic heterocycles. The van der Waals surface area contributed by atoms with Gasteiger partial charge in [0.2, 0.25) is 0 Å². The van der Waals surface area contributed by atoms with Crippen molar-refractivity contribution in [3.05, 3.63) is 0 Å². The molecule has 0 aliphatic heterocycles. The van der Waals surface area contributed by atoms with Crippen LogP contribution in [0, 0.1) is 0 Å². The normalized spacial score (nSPS) is 10.5. The van der Waals surface area contributed by atoms with Crippen LogP contribution in [0.15, 0.2) is 0 Å². The number of hydrogen-bond donors (Lipinski definition) is 2. The van der Waals surface area contributed by atoms with Gasteiger partial charge in [-0.25, -0.2) is 0 Å². The summed E-state index contributed by atoms with van der Waals surface area (Å²) < 4.78 is 0. The third kappa shape index (κ3) is 10.5. The summed E-state index contributed by atoms with van der Waals surface area (Å²) in [7, 11) is 0. The maximum Gasteiger partial charge on any atom is 0.0348 e. The van der Waals surface area contributed by atoms with Gasteiger partial charge in [0, 0.05) is 24.8 Å². The largest absolute Gasteiger partial charge is 0.316 e. The summed E-state index contributed by atoms with van der Waals surface area (Å²) in [6.45, 7) is 3.96. The van der Waals surface area contributed by atoms with Crippen molar-refractivity contribution in [2.45, 2.75) is 12.8 Å². The number of hydrogen-bond acceptors (Lipinski definition) is 2. The van der Waals surface area contributed by atoms with E-state index in [2.05, 4.69) is 10.6 Å². The Labute approximate surface area is 85.0 Å². The smallest absolute Gasteiger partial charge is 0.0348 e. The van der Waals surface area contributed by atoms with Crippen molar-refractivity contribution in [1.82, 2.24) is 10.6 Å². The fourth-order valence-corrected chi connectivity index (χ4v) is 1.15. The Balaban J connectivity index is 2.73. The Kier molecular flexibility index (Phi) is 12.0. The van der Waals surface area contributed by atoms with E-state index < -0.39 is 0 Å². The van der Waals surface area contributed by atoms with Gasteiger partial charge in [0.1, 0.15) is 0 Å². The van der Waals surface area contributed by atoms with Crippen LogP contribution >= 0.6 is 23.2 Å². The highest BCUT2D eigenvalue weighted by Crippen LogP contribution is 1.84. The lowest BCUT2D eigenvalue weighted by Gasteiger charge is -2.03. The summed E-state index contributed by atoms with van der Waals surface area (Å²) in [4.78, 5) is 0. The van der Waals surface area contributed by atoms with Crippen molar-refractivity contribution in [3.8, 4) is 0 Å². The van der Waals surface area contributed by atoms with E-state index >= 15 is 0 Å². The molecule has 0 aromatic rings. The van der Waals surface area contributed by atoms with Crippen LogP contribution in [0.4, 0.5) is 0 Å². The maximum atomic E-state index is 5.49. The summed E-state index contributed by atoms with van der Waals surface area (Å²) in [6, 6.07) is 0. The van der Waals surface area contributed by atoms with E-state index in [9.17, 15) is 0 Å². The van der Waals surface area contributed by atoms with Gasteiger partial charge >= 0.3 is 0 Å². The lowest BCUT2D eigenvalue weighted by atomic mass is 10.3. The van der Waals surface area contributed by atoms with Crippen molar-refractivity contribution in [1.29, 1.82) is 0 Å². The molecule has 12 heavy (non-hydrogen) atoms. The summed E-state index contributed by atoms with van der Waals surface area (Å²) >= 11 is 11.0. The van der Waals surface area contributed by atoms with Crippen molar-refractivity contribution in [2.75, 3.05) is 37.9 Å². The van der Waals surface area contributed by atoms with Crippen LogP contribution < -0.4 is 10.6 Å². The van der Waals surface area contributed by atoms with Gasteiger partial charge in [-0.15, -0.1) is 23.2 Å². The molecule has 4 heteroatoms. The molecule has 0 unspecified atom stereocenters. The number of unbranched alkanes of at least 4 members (excludes halogenated alkanes) is 1. The molecular weight excluding hydrogens is 195 g/mol. The first-order valence-corrected chi connectivity index (χ1v) is 5.52. The van der Waals surface area contributed by atoms with E-state index in [0.717, 1.165) is 26.2 Å². The van der Waals surface area contributed by atoms with E-state index in [1.807, 2.05) is 0 Å². The number of nitrogens with one attached hydrogen (secondary N) is 2. The van der Waals surface area contributed by atoms with E-state index in [1.54, 1.807) is 0 Å². The van der Waals surface area contributed by atoms with Crippen LogP contribution in [-0.4, -0.2) is 37.9 Å². The number of rotatable bonds is 9. The molecule has 0 amide bonds. The van der Waals surface area contributed by atoms with Crippen LogP contribution in [0.3, 0.4) is 0 Å². The minimum absolute atomic E-state index is 0.699. The predicted octanol–water partition coefficient (Wildman–Crippen LogP) is 1.42. The molecule has 0 saturated carbocycles. The van der Waals surface area contributed by atoms with Gasteiger partial charge in [-0.3, -0.25) is 0 Å². The molecular formula is C8H18Cl2N2. The highest BCUT2D eigenvalue weighted by Gasteiger charge is 1.88. The Hall–Kier alpha value is 0.500. The maximum absolute atomic E-state index is 5.49. The number of halogens is 2. The van der Waals surface area contributed by atoms with Gasteiger partial charge in [0.15, 0.2) is 0 Å². The van der Waals surface area contributed by atoms with Crippen molar-refractivity contribution >= 4 is 23.2 Å². The first-order valence-electron chi connectivity index (χ1n) is 4.45. The first-order chi connectivity index (χ1) is 5.91. The monoisotopic (exact) mass is 212 g/mol. The van der Waals surface area contributed by atoms with Crippen LogP contribution in [-0.2, 0) is 0 Å². The zero-order chi connectivity index (χ0) is 9.07. The van der Waals surface area contributed by atoms with Gasteiger partial charge in [-0.05, 0) is 25.9 Å². The minimum atomic E-state index is 0.699. The summed E-state index contributed by atoms with van der Waals surface area (Å²) in [5.74, 6) is 1.40. The Bertz CT molecular complexity index is 71.5. The zero-order valence-electron chi connectivity index (χ0n) is 7.41. The lowest BCUT2D eigenvalue weighted by molar-refractivity contribution is 0.603. The Morgan fingerprint density at radius 1 is 0.667 bits per heavy atom. The SMILES string of the molecule is ClCCNCCCCNCCCl. The Morgan fingerprint density at radius 2 is 1.08 bits per heavy atom. The molecule has 0 aromatic carbocycles. The van der Waals surface area contributed by atoms with E-state index in [4.69, 9.17) is 23.2 Å². The molecule has 74 valence electrons. The van der Waals surface area contributed by atoms with Gasteiger partial charge in [-0.2, -0.15) is 0 Å². The van der Waals surface area contributed by atoms with Gasteiger partial charge in [-0.1, -0.05) is 0 Å². The summed E-state index contributed by atoms with van der Waals surface area (Å²) in [5, 5.41) is 6.48. The third-order valence-electron chi connectivity index (χ3n) is 1.50. The molecule has 0 rings (SSSR count). The average Bonchev–Trinajstić information content (AvgIpc) is 2.10. The third-order valence-corrected chi connectivity index (χ3v) is 1.88. The highest BCUT2D eigenvalue weighted by atomic mass is 35.5. The fourth-order valence-electron chi connectivity index (χ4n) is 0.884. The summed E-state index contributed by atoms with van der Waals surface area (Å²) in [5.41, 5.74) is 0. The second-order valence-electron chi connectivity index (χ2n) is 2.59. The van der Waals surface area contributed by atoms with Crippen LogP contribution in [0.5, 0.6) is 0 Å². The number of alkyl halides is 2. The quantitative estimate of drug-likeness (QED) is 0.447. The van der Waals surface area contributed by atoms with E-state index in [-0.39, 0.29) is 0 Å². The molecule has 0 fully saturated rings. The van der Waals surface area contributed by atoms with Crippen molar-refractivity contribution in [3.63, 3.8) is 0 Å². The molecule has 0 aliphatic rings. The molecule has 0 saturated heterocycles. The standard InChI is InChI=1S/C8H18Cl2N2/c9-3-7-11-5-1-2-6-12-8-4-10/h11-12H,1-8H2. The predicted molar refractivity (Wildman–Crippen MR) is 56.4 cm³/mol. The van der Waals surface area contributed by atoms with Gasteiger partial charge in [0.05, 0.1) is 0 Å². The van der Waals surface area contributed by atoms with E-state index in [0.29, 0.717) is 11.8 Å². The second kappa shape index (κ2) is 11.5. The van der Waals surface area contributed by atoms with E-state index in [1.165, 1.54) is 12.8 Å². The molecule has 2 N–H and O–H groups in total. The fraction of sp³-hybridized carbons (Fsp3) is 1.00.